The number of carbonyl (C=O) groups is 2. The SMILES string of the molecule is CS(C)=O.O=C1c2ccccc2C(=O)c2ccccc21. The molecule has 0 aliphatic heterocycles. The van der Waals surface area contributed by atoms with E-state index in [0.717, 1.165) is 0 Å². The molecule has 0 N–H and O–H groups in total. The van der Waals surface area contributed by atoms with Gasteiger partial charge in [0.2, 0.25) is 0 Å². The summed E-state index contributed by atoms with van der Waals surface area (Å²) in [6.07, 6.45) is 3.28. The topological polar surface area (TPSA) is 51.2 Å². The summed E-state index contributed by atoms with van der Waals surface area (Å²) in [7, 11) is -0.611. The number of benzene rings is 2. The van der Waals surface area contributed by atoms with Gasteiger partial charge in [-0.25, -0.2) is 0 Å². The van der Waals surface area contributed by atoms with Gasteiger partial charge in [-0.2, -0.15) is 0 Å². The van der Waals surface area contributed by atoms with Gasteiger partial charge in [0.25, 0.3) is 0 Å². The maximum Gasteiger partial charge on any atom is 0.194 e. The molecule has 0 aromatic heterocycles. The molecule has 0 saturated heterocycles. The highest BCUT2D eigenvalue weighted by molar-refractivity contribution is 7.83. The molecule has 0 atom stereocenters. The molecule has 3 rings (SSSR count). The van der Waals surface area contributed by atoms with Gasteiger partial charge in [-0.15, -0.1) is 0 Å². The van der Waals surface area contributed by atoms with E-state index in [4.69, 9.17) is 0 Å². The zero-order valence-corrected chi connectivity index (χ0v) is 12.1. The van der Waals surface area contributed by atoms with E-state index in [1.54, 1.807) is 61.0 Å². The second-order valence-corrected chi connectivity index (χ2v) is 5.97. The number of carbonyl (C=O) groups excluding carboxylic acids is 2. The smallest absolute Gasteiger partial charge is 0.194 e. The summed E-state index contributed by atoms with van der Waals surface area (Å²) in [4.78, 5) is 24.2. The van der Waals surface area contributed by atoms with Crippen molar-refractivity contribution < 1.29 is 13.8 Å². The van der Waals surface area contributed by atoms with Crippen LogP contribution in [0.1, 0.15) is 31.8 Å². The van der Waals surface area contributed by atoms with E-state index in [1.807, 2.05) is 0 Å². The second-order valence-electron chi connectivity index (χ2n) is 4.49. The van der Waals surface area contributed by atoms with Gasteiger partial charge in [0, 0.05) is 45.6 Å². The van der Waals surface area contributed by atoms with E-state index < -0.39 is 10.8 Å². The minimum atomic E-state index is -0.611. The van der Waals surface area contributed by atoms with Crippen molar-refractivity contribution in [2.75, 3.05) is 12.5 Å². The first-order chi connectivity index (χ1) is 9.52. The molecule has 0 radical (unpaired) electrons. The van der Waals surface area contributed by atoms with Crippen molar-refractivity contribution in [2.24, 2.45) is 0 Å². The maximum absolute atomic E-state index is 12.1. The highest BCUT2D eigenvalue weighted by Gasteiger charge is 2.28. The average molecular weight is 286 g/mol. The van der Waals surface area contributed by atoms with Crippen molar-refractivity contribution in [1.29, 1.82) is 0 Å². The average Bonchev–Trinajstić information content (AvgIpc) is 2.44. The lowest BCUT2D eigenvalue weighted by Crippen LogP contribution is -2.20. The van der Waals surface area contributed by atoms with Crippen LogP contribution >= 0.6 is 0 Å². The van der Waals surface area contributed by atoms with Crippen LogP contribution in [0, 0.1) is 0 Å². The maximum atomic E-state index is 12.1. The van der Waals surface area contributed by atoms with Crippen LogP contribution in [0.3, 0.4) is 0 Å². The number of hydrogen-bond donors (Lipinski definition) is 0. The summed E-state index contributed by atoms with van der Waals surface area (Å²) in [6.45, 7) is 0. The van der Waals surface area contributed by atoms with E-state index in [9.17, 15) is 13.8 Å². The standard InChI is InChI=1S/C14H8O2.C2H6OS/c15-13-9-5-1-2-6-10(9)14(16)12-8-4-3-7-11(12)13;1-4(2)3/h1-8H;1-2H3. The summed E-state index contributed by atoms with van der Waals surface area (Å²) in [5, 5.41) is 0. The summed E-state index contributed by atoms with van der Waals surface area (Å²) in [6, 6.07) is 13.9. The Kier molecular flexibility index (Phi) is 4.25. The van der Waals surface area contributed by atoms with Gasteiger partial charge in [-0.3, -0.25) is 13.8 Å². The second kappa shape index (κ2) is 5.92. The van der Waals surface area contributed by atoms with E-state index >= 15 is 0 Å². The van der Waals surface area contributed by atoms with Crippen LogP contribution in [0.15, 0.2) is 48.5 Å². The molecule has 0 fully saturated rings. The van der Waals surface area contributed by atoms with E-state index in [1.165, 1.54) is 0 Å². The molecule has 4 heteroatoms. The largest absolute Gasteiger partial charge is 0.289 e. The van der Waals surface area contributed by atoms with E-state index in [2.05, 4.69) is 0 Å². The highest BCUT2D eigenvalue weighted by Crippen LogP contribution is 2.26. The molecule has 0 saturated carbocycles. The van der Waals surface area contributed by atoms with Gasteiger partial charge in [0.15, 0.2) is 11.6 Å². The van der Waals surface area contributed by atoms with Crippen molar-refractivity contribution in [1.82, 2.24) is 0 Å². The third-order valence-electron chi connectivity index (χ3n) is 2.83. The van der Waals surface area contributed by atoms with E-state index in [0.29, 0.717) is 22.3 Å². The number of ketones is 2. The van der Waals surface area contributed by atoms with E-state index in [-0.39, 0.29) is 11.6 Å². The van der Waals surface area contributed by atoms with Crippen LogP contribution in [-0.4, -0.2) is 28.3 Å². The molecule has 0 bridgehead atoms. The monoisotopic (exact) mass is 286 g/mol. The molecule has 20 heavy (non-hydrogen) atoms. The first-order valence-electron chi connectivity index (χ1n) is 6.05. The fraction of sp³-hybridized carbons (Fsp3) is 0.125. The fourth-order valence-electron chi connectivity index (χ4n) is 2.05. The Morgan fingerprint density at radius 1 is 0.650 bits per heavy atom. The summed E-state index contributed by atoms with van der Waals surface area (Å²) in [5.41, 5.74) is 2.02. The molecule has 0 unspecified atom stereocenters. The van der Waals surface area contributed by atoms with Crippen LogP contribution in [0.2, 0.25) is 0 Å². The highest BCUT2D eigenvalue weighted by atomic mass is 32.2. The van der Waals surface area contributed by atoms with Gasteiger partial charge < -0.3 is 0 Å². The molecule has 0 amide bonds. The predicted octanol–water partition coefficient (Wildman–Crippen LogP) is 2.46. The first kappa shape index (κ1) is 14.3. The quantitative estimate of drug-likeness (QED) is 0.638. The molecular formula is C16H14O3S. The van der Waals surface area contributed by atoms with Crippen LogP contribution in [0.4, 0.5) is 0 Å². The minimum Gasteiger partial charge on any atom is -0.289 e. The third-order valence-corrected chi connectivity index (χ3v) is 2.83. The lowest BCUT2D eigenvalue weighted by Gasteiger charge is -2.16. The molecule has 2 aromatic rings. The third kappa shape index (κ3) is 2.75. The molecule has 0 heterocycles. The van der Waals surface area contributed by atoms with Crippen molar-refractivity contribution >= 4 is 22.4 Å². The van der Waals surface area contributed by atoms with Crippen molar-refractivity contribution in [3.8, 4) is 0 Å². The van der Waals surface area contributed by atoms with Crippen molar-refractivity contribution in [3.63, 3.8) is 0 Å². The van der Waals surface area contributed by atoms with Crippen LogP contribution < -0.4 is 0 Å². The number of hydrogen-bond acceptors (Lipinski definition) is 3. The van der Waals surface area contributed by atoms with Gasteiger partial charge in [0.1, 0.15) is 0 Å². The Bertz CT molecular complexity index is 595. The Morgan fingerprint density at radius 2 is 0.850 bits per heavy atom. The molecule has 102 valence electrons. The molecule has 0 spiro atoms. The minimum absolute atomic E-state index is 0.0641. The first-order valence-corrected chi connectivity index (χ1v) is 8.01. The zero-order chi connectivity index (χ0) is 14.7. The van der Waals surface area contributed by atoms with Gasteiger partial charge in [-0.1, -0.05) is 48.5 Å². The Balaban J connectivity index is 0.000000328. The number of rotatable bonds is 0. The van der Waals surface area contributed by atoms with Crippen LogP contribution in [-0.2, 0) is 10.8 Å². The summed E-state index contributed by atoms with van der Waals surface area (Å²) >= 11 is 0. The normalized spacial score (nSPS) is 12.3. The molecule has 1 aliphatic carbocycles. The van der Waals surface area contributed by atoms with Gasteiger partial charge >= 0.3 is 0 Å². The molecule has 1 aliphatic rings. The molecule has 2 aromatic carbocycles. The summed E-state index contributed by atoms with van der Waals surface area (Å²) < 4.78 is 9.56. The fourth-order valence-corrected chi connectivity index (χ4v) is 2.05. The molecule has 3 nitrogen and oxygen atoms in total. The Labute approximate surface area is 120 Å². The summed E-state index contributed by atoms with van der Waals surface area (Å²) in [5.74, 6) is -0.128. The lowest BCUT2D eigenvalue weighted by molar-refractivity contribution is 0.0979. The zero-order valence-electron chi connectivity index (χ0n) is 11.3. The Hall–Kier alpha value is -2.07. The number of fused-ring (bicyclic) bond motifs is 2. The van der Waals surface area contributed by atoms with Gasteiger partial charge in [0.05, 0.1) is 0 Å². The Morgan fingerprint density at radius 3 is 1.05 bits per heavy atom. The lowest BCUT2D eigenvalue weighted by atomic mass is 9.84. The molecular weight excluding hydrogens is 272 g/mol. The van der Waals surface area contributed by atoms with Crippen molar-refractivity contribution in [3.05, 3.63) is 70.8 Å². The van der Waals surface area contributed by atoms with Crippen LogP contribution in [0.5, 0.6) is 0 Å². The van der Waals surface area contributed by atoms with Gasteiger partial charge in [-0.05, 0) is 0 Å². The van der Waals surface area contributed by atoms with Crippen LogP contribution in [0.25, 0.3) is 0 Å². The predicted molar refractivity (Wildman–Crippen MR) is 79.7 cm³/mol. The van der Waals surface area contributed by atoms with Crippen molar-refractivity contribution in [2.45, 2.75) is 0 Å².